The van der Waals surface area contributed by atoms with E-state index in [9.17, 15) is 9.59 Å². The van der Waals surface area contributed by atoms with Crippen LogP contribution in [0.4, 0.5) is 0 Å². The largest absolute Gasteiger partial charge is 0.290 e. The van der Waals surface area contributed by atoms with Gasteiger partial charge in [-0.15, -0.1) is 11.3 Å². The first-order chi connectivity index (χ1) is 13.1. The van der Waals surface area contributed by atoms with E-state index in [1.807, 2.05) is 0 Å². The minimum absolute atomic E-state index is 0.210. The van der Waals surface area contributed by atoms with Gasteiger partial charge in [-0.1, -0.05) is 20.8 Å². The van der Waals surface area contributed by atoms with E-state index >= 15 is 0 Å². The summed E-state index contributed by atoms with van der Waals surface area (Å²) < 4.78 is 2.80. The molecule has 0 aromatic carbocycles. The molecule has 0 fully saturated rings. The van der Waals surface area contributed by atoms with Crippen molar-refractivity contribution in [2.45, 2.75) is 47.0 Å². The Kier molecular flexibility index (Phi) is 4.41. The third kappa shape index (κ3) is 3.15. The number of carbonyl (C=O) groups excluding carboxylic acids is 1. The van der Waals surface area contributed by atoms with Gasteiger partial charge in [0.25, 0.3) is 11.5 Å². The van der Waals surface area contributed by atoms with E-state index in [0.29, 0.717) is 17.1 Å². The van der Waals surface area contributed by atoms with Crippen LogP contribution in [0, 0.1) is 18.3 Å². The van der Waals surface area contributed by atoms with Crippen LogP contribution in [-0.4, -0.2) is 25.3 Å². The minimum atomic E-state index is -0.427. The fourth-order valence-electron chi connectivity index (χ4n) is 3.89. The number of nitrogens with one attached hydrogen (secondary N) is 1. The zero-order valence-electron chi connectivity index (χ0n) is 16.9. The topological polar surface area (TPSA) is 81.8 Å². The second kappa shape index (κ2) is 6.55. The number of aryl methyl sites for hydroxylation is 3. The highest BCUT2D eigenvalue weighted by molar-refractivity contribution is 7.18. The Morgan fingerprint density at radius 3 is 2.75 bits per heavy atom. The van der Waals surface area contributed by atoms with Crippen molar-refractivity contribution in [2.75, 3.05) is 5.43 Å². The van der Waals surface area contributed by atoms with E-state index in [2.05, 4.69) is 36.3 Å². The number of hydrogen-bond donors (Lipinski definition) is 1. The Morgan fingerprint density at radius 1 is 1.36 bits per heavy atom. The van der Waals surface area contributed by atoms with Crippen LogP contribution in [-0.2, 0) is 19.9 Å². The first-order valence-corrected chi connectivity index (χ1v) is 10.3. The zero-order chi connectivity index (χ0) is 20.2. The second-order valence-corrected chi connectivity index (χ2v) is 9.69. The van der Waals surface area contributed by atoms with Crippen LogP contribution in [0.3, 0.4) is 0 Å². The van der Waals surface area contributed by atoms with Crippen molar-refractivity contribution < 1.29 is 4.79 Å². The maximum atomic E-state index is 13.2. The van der Waals surface area contributed by atoms with Gasteiger partial charge in [0.2, 0.25) is 0 Å². The Hall–Kier alpha value is -2.48. The van der Waals surface area contributed by atoms with Crippen molar-refractivity contribution in [3.63, 3.8) is 0 Å². The number of amides is 1. The van der Waals surface area contributed by atoms with Crippen molar-refractivity contribution >= 4 is 27.5 Å². The fraction of sp³-hybridized carbons (Fsp3) is 0.500. The highest BCUT2D eigenvalue weighted by atomic mass is 32.1. The highest BCUT2D eigenvalue weighted by Crippen LogP contribution is 2.42. The summed E-state index contributed by atoms with van der Waals surface area (Å²) >= 11 is 1.62. The third-order valence-electron chi connectivity index (χ3n) is 5.63. The average molecular weight is 400 g/mol. The molecule has 0 saturated heterocycles. The van der Waals surface area contributed by atoms with Gasteiger partial charge >= 0.3 is 0 Å². The molecule has 3 aromatic rings. The minimum Gasteiger partial charge on any atom is -0.275 e. The Bertz CT molecular complexity index is 1130. The van der Waals surface area contributed by atoms with Crippen LogP contribution in [0.1, 0.15) is 53.9 Å². The molecule has 0 spiro atoms. The first kappa shape index (κ1) is 18.9. The monoisotopic (exact) mass is 399 g/mol. The van der Waals surface area contributed by atoms with Gasteiger partial charge in [-0.05, 0) is 49.1 Å². The molecule has 1 N–H and O–H groups in total. The number of fused-ring (bicyclic) bond motifs is 3. The lowest BCUT2D eigenvalue weighted by Gasteiger charge is -2.33. The molecule has 7 nitrogen and oxygen atoms in total. The van der Waals surface area contributed by atoms with Gasteiger partial charge in [0, 0.05) is 18.1 Å². The molecule has 0 bridgehead atoms. The molecule has 4 rings (SSSR count). The number of hydrogen-bond acceptors (Lipinski definition) is 5. The highest BCUT2D eigenvalue weighted by Gasteiger charge is 2.32. The van der Waals surface area contributed by atoms with Gasteiger partial charge in [0.15, 0.2) is 5.69 Å². The molecule has 0 saturated carbocycles. The van der Waals surface area contributed by atoms with E-state index in [1.165, 1.54) is 9.55 Å². The molecule has 0 radical (unpaired) electrons. The normalized spacial score (nSPS) is 17.0. The summed E-state index contributed by atoms with van der Waals surface area (Å²) in [5, 5.41) is 4.74. The van der Waals surface area contributed by atoms with E-state index in [1.54, 1.807) is 42.3 Å². The molecule has 148 valence electrons. The molecular formula is C20H25N5O2S. The number of rotatable bonds is 2. The van der Waals surface area contributed by atoms with Crippen LogP contribution in [0.25, 0.3) is 10.2 Å². The lowest BCUT2D eigenvalue weighted by atomic mass is 9.72. The molecule has 1 aliphatic carbocycles. The van der Waals surface area contributed by atoms with Crippen LogP contribution in [0.2, 0.25) is 0 Å². The van der Waals surface area contributed by atoms with Crippen molar-refractivity contribution in [1.82, 2.24) is 19.4 Å². The second-order valence-electron chi connectivity index (χ2n) is 8.60. The van der Waals surface area contributed by atoms with E-state index in [4.69, 9.17) is 0 Å². The lowest BCUT2D eigenvalue weighted by Crippen LogP contribution is -2.36. The van der Waals surface area contributed by atoms with Crippen molar-refractivity contribution in [3.8, 4) is 0 Å². The van der Waals surface area contributed by atoms with Gasteiger partial charge in [0.05, 0.1) is 5.39 Å². The van der Waals surface area contributed by atoms with Gasteiger partial charge in [-0.25, -0.2) is 9.66 Å². The number of aromatic nitrogens is 4. The van der Waals surface area contributed by atoms with Gasteiger partial charge in [0.1, 0.15) is 10.7 Å². The zero-order valence-corrected chi connectivity index (χ0v) is 17.7. The van der Waals surface area contributed by atoms with Crippen molar-refractivity contribution in [3.05, 3.63) is 44.6 Å². The molecule has 1 aliphatic rings. The van der Waals surface area contributed by atoms with Gasteiger partial charge in [-0.3, -0.25) is 19.7 Å². The Morgan fingerprint density at radius 2 is 2.11 bits per heavy atom. The predicted molar refractivity (Wildman–Crippen MR) is 110 cm³/mol. The maximum absolute atomic E-state index is 13.2. The average Bonchev–Trinajstić information content (AvgIpc) is 3.20. The lowest BCUT2D eigenvalue weighted by molar-refractivity contribution is 0.100. The van der Waals surface area contributed by atoms with Crippen LogP contribution < -0.4 is 11.0 Å². The molecule has 3 heterocycles. The molecule has 8 heteroatoms. The molecule has 1 atom stereocenters. The Balaban J connectivity index is 1.74. The molecule has 28 heavy (non-hydrogen) atoms. The Labute approximate surface area is 167 Å². The molecule has 0 unspecified atom stereocenters. The van der Waals surface area contributed by atoms with E-state index < -0.39 is 5.91 Å². The summed E-state index contributed by atoms with van der Waals surface area (Å²) in [7, 11) is 1.74. The molecule has 0 aliphatic heterocycles. The standard InChI is InChI=1S/C20H25N5O2S/c1-11-21-18-16(13-7-6-12(20(2,3)4)10-15(13)28-18)19(27)25(11)23-17(26)14-8-9-24(5)22-14/h8-9,12H,6-7,10H2,1-5H3,(H,23,26)/t12-/m0/s1. The van der Waals surface area contributed by atoms with Crippen molar-refractivity contribution in [1.29, 1.82) is 0 Å². The molecule has 3 aromatic heterocycles. The number of thiophene rings is 1. The summed E-state index contributed by atoms with van der Waals surface area (Å²) in [6, 6.07) is 1.61. The maximum Gasteiger partial charge on any atom is 0.290 e. The third-order valence-corrected chi connectivity index (χ3v) is 6.78. The SMILES string of the molecule is Cc1nc2sc3c(c2c(=O)n1NC(=O)c1ccn(C)n1)CC[C@H](C(C)(C)C)C3. The summed E-state index contributed by atoms with van der Waals surface area (Å²) in [5.41, 5.74) is 4.06. The quantitative estimate of drug-likeness (QED) is 0.718. The summed E-state index contributed by atoms with van der Waals surface area (Å²) in [5.74, 6) is 0.636. The number of nitrogens with zero attached hydrogens (tertiary/aromatic N) is 4. The van der Waals surface area contributed by atoms with Crippen LogP contribution in [0.15, 0.2) is 17.1 Å². The smallest absolute Gasteiger partial charge is 0.275 e. The van der Waals surface area contributed by atoms with E-state index in [-0.39, 0.29) is 16.7 Å². The number of carbonyl (C=O) groups is 1. The molecule has 1 amide bonds. The first-order valence-electron chi connectivity index (χ1n) is 9.50. The summed E-state index contributed by atoms with van der Waals surface area (Å²) in [6.45, 7) is 8.56. The van der Waals surface area contributed by atoms with Gasteiger partial charge in [-0.2, -0.15) is 5.10 Å². The van der Waals surface area contributed by atoms with Crippen molar-refractivity contribution in [2.24, 2.45) is 18.4 Å². The molecular weight excluding hydrogens is 374 g/mol. The van der Waals surface area contributed by atoms with Crippen LogP contribution >= 0.6 is 11.3 Å². The van der Waals surface area contributed by atoms with Crippen LogP contribution in [0.5, 0.6) is 0 Å². The predicted octanol–water partition coefficient (Wildman–Crippen LogP) is 3.03. The van der Waals surface area contributed by atoms with Gasteiger partial charge < -0.3 is 0 Å². The summed E-state index contributed by atoms with van der Waals surface area (Å²) in [6.07, 6.45) is 4.62. The summed E-state index contributed by atoms with van der Waals surface area (Å²) in [4.78, 5) is 32.4. The van der Waals surface area contributed by atoms with E-state index in [0.717, 1.165) is 29.7 Å². The fourth-order valence-corrected chi connectivity index (χ4v) is 5.23.